The van der Waals surface area contributed by atoms with Gasteiger partial charge in [-0.2, -0.15) is 30.6 Å². The molecular formula is C27H27F8N3O5S2. The van der Waals surface area contributed by atoms with E-state index < -0.39 is 71.0 Å². The van der Waals surface area contributed by atoms with Crippen molar-refractivity contribution in [3.63, 3.8) is 0 Å². The molecule has 2 aromatic rings. The van der Waals surface area contributed by atoms with Crippen molar-refractivity contribution in [3.05, 3.63) is 65.0 Å². The average Bonchev–Trinajstić information content (AvgIpc) is 3.36. The summed E-state index contributed by atoms with van der Waals surface area (Å²) in [5.41, 5.74) is -7.94. The average molecular weight is 690 g/mol. The molecule has 45 heavy (non-hydrogen) atoms. The highest BCUT2D eigenvalue weighted by Crippen LogP contribution is 2.56. The standard InChI is InChI=1S/C27H27F8N3O5S2/c1-44(40,41)37-14-12-36(13-15-37)23(39)38-11-10-24(45(42,43)20-6-4-19(28)5-7-20)21-8-3-18(16-17(21)2-9-22(24)38)25(29,26(30,31)32)27(33,34)35/h3-8,16,22H,2,9-15H2,1H3/t22-,24-/m1/s1. The molecule has 2 aliphatic heterocycles. The summed E-state index contributed by atoms with van der Waals surface area (Å²) in [5.74, 6) is -0.772. The van der Waals surface area contributed by atoms with Gasteiger partial charge in [0.25, 0.3) is 0 Å². The summed E-state index contributed by atoms with van der Waals surface area (Å²) in [5, 5.41) is 0. The summed E-state index contributed by atoms with van der Waals surface area (Å²) in [7, 11) is -8.16. The Morgan fingerprint density at radius 2 is 1.42 bits per heavy atom. The van der Waals surface area contributed by atoms with Gasteiger partial charge in [-0.1, -0.05) is 18.2 Å². The van der Waals surface area contributed by atoms with Crippen molar-refractivity contribution in [1.29, 1.82) is 0 Å². The maximum Gasteiger partial charge on any atom is 0.435 e. The summed E-state index contributed by atoms with van der Waals surface area (Å²) in [4.78, 5) is 15.9. The first-order chi connectivity index (χ1) is 20.7. The van der Waals surface area contributed by atoms with Crippen LogP contribution in [0.3, 0.4) is 0 Å². The van der Waals surface area contributed by atoms with E-state index in [-0.39, 0.29) is 69.2 Å². The van der Waals surface area contributed by atoms with Crippen LogP contribution in [-0.4, -0.2) is 94.3 Å². The molecule has 2 fully saturated rings. The van der Waals surface area contributed by atoms with Crippen molar-refractivity contribution in [1.82, 2.24) is 14.1 Å². The lowest BCUT2D eigenvalue weighted by molar-refractivity contribution is -0.348. The monoisotopic (exact) mass is 689 g/mol. The number of hydrogen-bond donors (Lipinski definition) is 0. The van der Waals surface area contributed by atoms with Gasteiger partial charge in [-0.15, -0.1) is 0 Å². The molecule has 2 aromatic carbocycles. The van der Waals surface area contributed by atoms with Gasteiger partial charge in [-0.25, -0.2) is 30.4 Å². The number of fused-ring (bicyclic) bond motifs is 3. The number of urea groups is 1. The Hall–Kier alpha value is -2.99. The van der Waals surface area contributed by atoms with E-state index in [1.54, 1.807) is 0 Å². The number of hydrogen-bond acceptors (Lipinski definition) is 5. The van der Waals surface area contributed by atoms with E-state index in [0.717, 1.165) is 36.6 Å². The summed E-state index contributed by atoms with van der Waals surface area (Å²) in [6.07, 6.45) is -12.6. The van der Waals surface area contributed by atoms with Gasteiger partial charge in [0, 0.05) is 38.3 Å². The second-order valence-corrected chi connectivity index (χ2v) is 15.5. The molecule has 0 N–H and O–H groups in total. The molecule has 18 heteroatoms. The zero-order chi connectivity index (χ0) is 33.4. The van der Waals surface area contributed by atoms with E-state index in [1.807, 2.05) is 0 Å². The van der Waals surface area contributed by atoms with Gasteiger partial charge in [0.1, 0.15) is 10.6 Å². The normalized spacial score (nSPS) is 23.5. The SMILES string of the molecule is CS(=O)(=O)N1CCN(C(=O)N2CC[C@@]3(S(=O)(=O)c4ccc(F)cc4)c4ccc(C(F)(C(F)(F)F)C(F)(F)F)cc4CC[C@@H]23)CC1. The van der Waals surface area contributed by atoms with E-state index in [4.69, 9.17) is 0 Å². The Bertz CT molecular complexity index is 1690. The molecule has 5 rings (SSSR count). The predicted octanol–water partition coefficient (Wildman–Crippen LogP) is 4.50. The number of sulfonamides is 1. The van der Waals surface area contributed by atoms with Crippen LogP contribution >= 0.6 is 0 Å². The lowest BCUT2D eigenvalue weighted by atomic mass is 9.77. The molecule has 2 amide bonds. The predicted molar refractivity (Wildman–Crippen MR) is 143 cm³/mol. The van der Waals surface area contributed by atoms with Gasteiger partial charge in [0.2, 0.25) is 10.0 Å². The number of carbonyl (C=O) groups is 1. The zero-order valence-electron chi connectivity index (χ0n) is 23.5. The highest BCUT2D eigenvalue weighted by atomic mass is 32.2. The smallest absolute Gasteiger partial charge is 0.322 e. The summed E-state index contributed by atoms with van der Waals surface area (Å²) in [6, 6.07) is 3.27. The molecule has 2 heterocycles. The van der Waals surface area contributed by atoms with E-state index >= 15 is 0 Å². The van der Waals surface area contributed by atoms with Crippen LogP contribution in [0.15, 0.2) is 47.4 Å². The van der Waals surface area contributed by atoms with Gasteiger partial charge >= 0.3 is 24.1 Å². The summed E-state index contributed by atoms with van der Waals surface area (Å²) < 4.78 is 162. The van der Waals surface area contributed by atoms with Crippen molar-refractivity contribution in [3.8, 4) is 0 Å². The summed E-state index contributed by atoms with van der Waals surface area (Å²) in [6.45, 7) is -0.246. The second kappa shape index (κ2) is 10.8. The third-order valence-corrected chi connectivity index (χ3v) is 12.7. The number of likely N-dealkylation sites (tertiary alicyclic amines) is 1. The molecule has 2 atom stereocenters. The Kier molecular flexibility index (Phi) is 8.00. The van der Waals surface area contributed by atoms with Gasteiger partial charge < -0.3 is 9.80 Å². The minimum Gasteiger partial charge on any atom is -0.322 e. The van der Waals surface area contributed by atoms with Crippen LogP contribution in [0.5, 0.6) is 0 Å². The second-order valence-electron chi connectivity index (χ2n) is 11.3. The van der Waals surface area contributed by atoms with Crippen molar-refractivity contribution in [2.24, 2.45) is 0 Å². The van der Waals surface area contributed by atoms with Crippen molar-refractivity contribution < 1.29 is 56.8 Å². The highest BCUT2D eigenvalue weighted by Gasteiger charge is 2.74. The fourth-order valence-corrected chi connectivity index (χ4v) is 9.87. The van der Waals surface area contributed by atoms with Crippen LogP contribution < -0.4 is 0 Å². The number of halogens is 8. The Morgan fingerprint density at radius 3 is 1.96 bits per heavy atom. The molecule has 0 bridgehead atoms. The van der Waals surface area contributed by atoms with E-state index in [2.05, 4.69) is 0 Å². The van der Waals surface area contributed by atoms with E-state index in [9.17, 15) is 56.8 Å². The van der Waals surface area contributed by atoms with Crippen molar-refractivity contribution in [2.75, 3.05) is 39.0 Å². The molecule has 0 saturated carbocycles. The minimum atomic E-state index is -6.38. The Labute approximate surface area is 253 Å². The van der Waals surface area contributed by atoms with Crippen LogP contribution in [0.4, 0.5) is 39.9 Å². The molecule has 0 unspecified atom stereocenters. The number of carbonyl (C=O) groups excluding carboxylic acids is 1. The number of sulfone groups is 1. The lowest BCUT2D eigenvalue weighted by Crippen LogP contribution is -2.58. The van der Waals surface area contributed by atoms with Gasteiger partial charge in [-0.05, 0) is 54.7 Å². The molecule has 0 aromatic heterocycles. The molecule has 1 aliphatic carbocycles. The Balaban J connectivity index is 1.61. The first kappa shape index (κ1) is 33.4. The number of rotatable bonds is 4. The molecule has 248 valence electrons. The third kappa shape index (κ3) is 5.16. The minimum absolute atomic E-state index is 0.0136. The van der Waals surface area contributed by atoms with Gasteiger partial charge in [-0.3, -0.25) is 0 Å². The maximum atomic E-state index is 15.0. The molecule has 8 nitrogen and oxygen atoms in total. The summed E-state index contributed by atoms with van der Waals surface area (Å²) >= 11 is 0. The topological polar surface area (TPSA) is 95.1 Å². The first-order valence-electron chi connectivity index (χ1n) is 13.6. The largest absolute Gasteiger partial charge is 0.435 e. The number of alkyl halides is 7. The molecule has 0 radical (unpaired) electrons. The first-order valence-corrected chi connectivity index (χ1v) is 17.0. The van der Waals surface area contributed by atoms with E-state index in [0.29, 0.717) is 6.07 Å². The van der Waals surface area contributed by atoms with Crippen LogP contribution in [-0.2, 0) is 36.7 Å². The molecule has 0 spiro atoms. The number of nitrogens with zero attached hydrogens (tertiary/aromatic N) is 3. The fourth-order valence-electron chi connectivity index (χ4n) is 6.68. The Morgan fingerprint density at radius 1 is 0.844 bits per heavy atom. The molecular weight excluding hydrogens is 662 g/mol. The maximum absolute atomic E-state index is 15.0. The molecule has 3 aliphatic rings. The van der Waals surface area contributed by atoms with Crippen LogP contribution in [0, 0.1) is 5.82 Å². The van der Waals surface area contributed by atoms with Crippen LogP contribution in [0.1, 0.15) is 29.5 Å². The van der Waals surface area contributed by atoms with Gasteiger partial charge in [0.15, 0.2) is 9.84 Å². The van der Waals surface area contributed by atoms with E-state index in [1.165, 1.54) is 14.1 Å². The van der Waals surface area contributed by atoms with Crippen LogP contribution in [0.2, 0.25) is 0 Å². The molecule has 2 saturated heterocycles. The number of benzene rings is 2. The number of amides is 2. The van der Waals surface area contributed by atoms with Crippen molar-refractivity contribution in [2.45, 2.75) is 53.0 Å². The van der Waals surface area contributed by atoms with Gasteiger partial charge in [0.05, 0.1) is 17.2 Å². The fraction of sp³-hybridized carbons (Fsp3) is 0.519. The quantitative estimate of drug-likeness (QED) is 0.348. The van der Waals surface area contributed by atoms with Crippen LogP contribution in [0.25, 0.3) is 0 Å². The lowest BCUT2D eigenvalue weighted by Gasteiger charge is -2.44. The number of piperazine rings is 1. The number of aryl methyl sites for hydroxylation is 1. The highest BCUT2D eigenvalue weighted by molar-refractivity contribution is 7.92. The zero-order valence-corrected chi connectivity index (χ0v) is 25.1. The third-order valence-electron chi connectivity index (χ3n) is 8.89. The van der Waals surface area contributed by atoms with Crippen molar-refractivity contribution >= 4 is 25.9 Å².